The molecule has 0 spiro atoms. The van der Waals surface area contributed by atoms with Crippen LogP contribution in [0.5, 0.6) is 5.75 Å². The van der Waals surface area contributed by atoms with E-state index < -0.39 is 0 Å². The van der Waals surface area contributed by atoms with Crippen molar-refractivity contribution in [1.82, 2.24) is 0 Å². The van der Waals surface area contributed by atoms with Gasteiger partial charge in [-0.15, -0.1) is 0 Å². The minimum Gasteiger partial charge on any atom is -0.508 e. The van der Waals surface area contributed by atoms with Crippen molar-refractivity contribution in [3.05, 3.63) is 59.7 Å². The maximum absolute atomic E-state index is 11.9. The molecule has 3 heteroatoms. The molecule has 2 N–H and O–H groups in total. The molecule has 0 fully saturated rings. The minimum atomic E-state index is -0.178. The lowest BCUT2D eigenvalue weighted by Crippen LogP contribution is -2.11. The standard InChI is InChI=1S/C16H17NO2/c1-2-3-12-4-8-14(9-5-12)17-16(19)13-6-10-15(18)11-7-13/h4-11,18H,2-3H2,1H3,(H,17,19). The van der Waals surface area contributed by atoms with E-state index in [0.29, 0.717) is 5.56 Å². The van der Waals surface area contributed by atoms with E-state index in [1.165, 1.54) is 17.7 Å². The number of anilines is 1. The van der Waals surface area contributed by atoms with Gasteiger partial charge in [-0.05, 0) is 48.4 Å². The van der Waals surface area contributed by atoms with Crippen molar-refractivity contribution in [3.63, 3.8) is 0 Å². The average Bonchev–Trinajstić information content (AvgIpc) is 2.42. The molecule has 19 heavy (non-hydrogen) atoms. The highest BCUT2D eigenvalue weighted by atomic mass is 16.3. The third-order valence-corrected chi connectivity index (χ3v) is 2.88. The maximum Gasteiger partial charge on any atom is 0.255 e. The predicted molar refractivity (Wildman–Crippen MR) is 76.5 cm³/mol. The SMILES string of the molecule is CCCc1ccc(NC(=O)c2ccc(O)cc2)cc1. The van der Waals surface area contributed by atoms with Crippen LogP contribution in [0.1, 0.15) is 29.3 Å². The van der Waals surface area contributed by atoms with E-state index in [2.05, 4.69) is 12.2 Å². The van der Waals surface area contributed by atoms with E-state index in [0.717, 1.165) is 18.5 Å². The summed E-state index contributed by atoms with van der Waals surface area (Å²) in [5, 5.41) is 12.0. The summed E-state index contributed by atoms with van der Waals surface area (Å²) in [5.74, 6) is -0.0243. The van der Waals surface area contributed by atoms with Crippen LogP contribution in [0.25, 0.3) is 0 Å². The van der Waals surface area contributed by atoms with Gasteiger partial charge in [0.05, 0.1) is 0 Å². The summed E-state index contributed by atoms with van der Waals surface area (Å²) in [7, 11) is 0. The third-order valence-electron chi connectivity index (χ3n) is 2.88. The molecule has 0 bridgehead atoms. The Morgan fingerprint density at radius 2 is 1.68 bits per heavy atom. The van der Waals surface area contributed by atoms with Gasteiger partial charge in [-0.2, -0.15) is 0 Å². The highest BCUT2D eigenvalue weighted by Crippen LogP contribution is 2.14. The molecular weight excluding hydrogens is 238 g/mol. The molecule has 0 radical (unpaired) electrons. The number of phenols is 1. The fraction of sp³-hybridized carbons (Fsp3) is 0.188. The number of carbonyl (C=O) groups excluding carboxylic acids is 1. The number of carbonyl (C=O) groups is 1. The fourth-order valence-electron chi connectivity index (χ4n) is 1.86. The first-order valence-corrected chi connectivity index (χ1v) is 6.38. The van der Waals surface area contributed by atoms with Crippen molar-refractivity contribution >= 4 is 11.6 Å². The van der Waals surface area contributed by atoms with Gasteiger partial charge in [-0.3, -0.25) is 4.79 Å². The van der Waals surface area contributed by atoms with Crippen molar-refractivity contribution < 1.29 is 9.90 Å². The normalized spacial score (nSPS) is 10.2. The van der Waals surface area contributed by atoms with Crippen LogP contribution >= 0.6 is 0 Å². The number of nitrogens with one attached hydrogen (secondary N) is 1. The van der Waals surface area contributed by atoms with Gasteiger partial charge in [-0.1, -0.05) is 25.5 Å². The van der Waals surface area contributed by atoms with E-state index >= 15 is 0 Å². The number of aromatic hydroxyl groups is 1. The Balaban J connectivity index is 2.04. The molecular formula is C16H17NO2. The number of phenolic OH excluding ortho intramolecular Hbond substituents is 1. The van der Waals surface area contributed by atoms with Crippen molar-refractivity contribution in [3.8, 4) is 5.75 Å². The van der Waals surface area contributed by atoms with Crippen LogP contribution in [0.4, 0.5) is 5.69 Å². The lowest BCUT2D eigenvalue weighted by molar-refractivity contribution is 0.102. The quantitative estimate of drug-likeness (QED) is 0.877. The fourth-order valence-corrected chi connectivity index (χ4v) is 1.86. The van der Waals surface area contributed by atoms with Gasteiger partial charge >= 0.3 is 0 Å². The number of rotatable bonds is 4. The molecule has 0 aliphatic carbocycles. The van der Waals surface area contributed by atoms with Crippen molar-refractivity contribution in [2.75, 3.05) is 5.32 Å². The molecule has 2 aromatic rings. The summed E-state index contributed by atoms with van der Waals surface area (Å²) >= 11 is 0. The molecule has 0 atom stereocenters. The summed E-state index contributed by atoms with van der Waals surface area (Å²) in [6.07, 6.45) is 2.16. The Kier molecular flexibility index (Phi) is 4.18. The zero-order chi connectivity index (χ0) is 13.7. The van der Waals surface area contributed by atoms with Crippen LogP contribution in [0, 0.1) is 0 Å². The van der Waals surface area contributed by atoms with Crippen LogP contribution in [0.15, 0.2) is 48.5 Å². The second-order valence-corrected chi connectivity index (χ2v) is 4.45. The van der Waals surface area contributed by atoms with Gasteiger partial charge in [0.2, 0.25) is 0 Å². The van der Waals surface area contributed by atoms with Crippen LogP contribution < -0.4 is 5.32 Å². The molecule has 0 saturated heterocycles. The Bertz CT molecular complexity index is 544. The van der Waals surface area contributed by atoms with E-state index in [-0.39, 0.29) is 11.7 Å². The first-order valence-electron chi connectivity index (χ1n) is 6.38. The Morgan fingerprint density at radius 1 is 1.05 bits per heavy atom. The number of hydrogen-bond donors (Lipinski definition) is 2. The molecule has 2 rings (SSSR count). The Labute approximate surface area is 112 Å². The molecule has 3 nitrogen and oxygen atoms in total. The Morgan fingerprint density at radius 3 is 2.26 bits per heavy atom. The average molecular weight is 255 g/mol. The summed E-state index contributed by atoms with van der Waals surface area (Å²) in [4.78, 5) is 11.9. The zero-order valence-corrected chi connectivity index (χ0v) is 10.9. The van der Waals surface area contributed by atoms with Gasteiger partial charge in [0.25, 0.3) is 5.91 Å². The van der Waals surface area contributed by atoms with Gasteiger partial charge < -0.3 is 10.4 Å². The number of amides is 1. The number of hydrogen-bond acceptors (Lipinski definition) is 2. The smallest absolute Gasteiger partial charge is 0.255 e. The highest BCUT2D eigenvalue weighted by molar-refractivity contribution is 6.04. The zero-order valence-electron chi connectivity index (χ0n) is 10.9. The van der Waals surface area contributed by atoms with Gasteiger partial charge in [0.1, 0.15) is 5.75 Å². The molecule has 98 valence electrons. The lowest BCUT2D eigenvalue weighted by atomic mass is 10.1. The van der Waals surface area contributed by atoms with E-state index in [9.17, 15) is 9.90 Å². The number of benzene rings is 2. The first kappa shape index (κ1) is 13.1. The molecule has 0 aliphatic rings. The molecule has 0 aromatic heterocycles. The maximum atomic E-state index is 11.9. The molecule has 0 heterocycles. The second-order valence-electron chi connectivity index (χ2n) is 4.45. The van der Waals surface area contributed by atoms with Crippen LogP contribution in [0.3, 0.4) is 0 Å². The monoisotopic (exact) mass is 255 g/mol. The number of aryl methyl sites for hydroxylation is 1. The molecule has 1 amide bonds. The van der Waals surface area contributed by atoms with Crippen molar-refractivity contribution in [1.29, 1.82) is 0 Å². The highest BCUT2D eigenvalue weighted by Gasteiger charge is 2.05. The first-order chi connectivity index (χ1) is 9.19. The topological polar surface area (TPSA) is 49.3 Å². The minimum absolute atomic E-state index is 0.153. The Hall–Kier alpha value is -2.29. The molecule has 0 saturated carbocycles. The summed E-state index contributed by atoms with van der Waals surface area (Å²) < 4.78 is 0. The van der Waals surface area contributed by atoms with Crippen molar-refractivity contribution in [2.45, 2.75) is 19.8 Å². The van der Waals surface area contributed by atoms with E-state index in [1.807, 2.05) is 24.3 Å². The molecule has 0 unspecified atom stereocenters. The van der Waals surface area contributed by atoms with Crippen molar-refractivity contribution in [2.24, 2.45) is 0 Å². The van der Waals surface area contributed by atoms with Gasteiger partial charge in [-0.25, -0.2) is 0 Å². The van der Waals surface area contributed by atoms with Crippen LogP contribution in [0.2, 0.25) is 0 Å². The second kappa shape index (κ2) is 6.05. The van der Waals surface area contributed by atoms with Crippen LogP contribution in [-0.2, 0) is 6.42 Å². The predicted octanol–water partition coefficient (Wildman–Crippen LogP) is 3.60. The van der Waals surface area contributed by atoms with Gasteiger partial charge in [0, 0.05) is 11.3 Å². The molecule has 0 aliphatic heterocycles. The summed E-state index contributed by atoms with van der Waals surface area (Å²) in [6.45, 7) is 2.14. The summed E-state index contributed by atoms with van der Waals surface area (Å²) in [6, 6.07) is 14.0. The third kappa shape index (κ3) is 3.58. The van der Waals surface area contributed by atoms with E-state index in [4.69, 9.17) is 0 Å². The van der Waals surface area contributed by atoms with Gasteiger partial charge in [0.15, 0.2) is 0 Å². The lowest BCUT2D eigenvalue weighted by Gasteiger charge is -2.06. The largest absolute Gasteiger partial charge is 0.508 e. The van der Waals surface area contributed by atoms with Crippen LogP contribution in [-0.4, -0.2) is 11.0 Å². The summed E-state index contributed by atoms with van der Waals surface area (Å²) in [5.41, 5.74) is 2.57. The molecule has 2 aromatic carbocycles. The van der Waals surface area contributed by atoms with E-state index in [1.54, 1.807) is 12.1 Å².